The second kappa shape index (κ2) is 17.0. The molecule has 0 rings (SSSR count). The van der Waals surface area contributed by atoms with Crippen molar-refractivity contribution < 1.29 is 38.5 Å². The van der Waals surface area contributed by atoms with Crippen molar-refractivity contribution in [3.8, 4) is 0 Å². The molecule has 8 heteroatoms. The maximum Gasteiger partial charge on any atom is 0.338 e. The summed E-state index contributed by atoms with van der Waals surface area (Å²) in [6.45, 7) is 7.98. The number of hydrogen-bond donors (Lipinski definition) is 1. The Hall–Kier alpha value is -2.64. The Morgan fingerprint density at radius 3 is 1.88 bits per heavy atom. The Kier molecular flexibility index (Phi) is 15.6. The van der Waals surface area contributed by atoms with E-state index in [-0.39, 0.29) is 31.6 Å². The standard InChI is InChI=1S/C24H38O8/c1-5-9-12-15-24(8-4,19(18-20(25)26)23(29)31-17-11-7-3)32-22(28)14-13-21(27)30-16-10-6-2/h13-14,18H,5-12,15-17H2,1-4H3,(H,25,26)/b14-13-,19-18+. The number of carboxylic acids is 1. The highest BCUT2D eigenvalue weighted by molar-refractivity contribution is 5.98. The molecule has 0 aliphatic carbocycles. The first-order chi connectivity index (χ1) is 15.3. The average Bonchev–Trinajstić information content (AvgIpc) is 2.75. The molecule has 0 saturated heterocycles. The molecule has 0 aliphatic rings. The highest BCUT2D eigenvalue weighted by Gasteiger charge is 2.41. The van der Waals surface area contributed by atoms with Crippen molar-refractivity contribution >= 4 is 23.9 Å². The molecule has 0 aliphatic heterocycles. The van der Waals surface area contributed by atoms with E-state index in [0.717, 1.165) is 43.9 Å². The van der Waals surface area contributed by atoms with E-state index in [0.29, 0.717) is 19.3 Å². The van der Waals surface area contributed by atoms with Crippen LogP contribution in [-0.2, 0) is 33.4 Å². The predicted molar refractivity (Wildman–Crippen MR) is 120 cm³/mol. The highest BCUT2D eigenvalue weighted by atomic mass is 16.6. The maximum absolute atomic E-state index is 12.7. The third kappa shape index (κ3) is 11.7. The van der Waals surface area contributed by atoms with Gasteiger partial charge in [0.25, 0.3) is 0 Å². The first-order valence-electron chi connectivity index (χ1n) is 11.5. The van der Waals surface area contributed by atoms with Crippen molar-refractivity contribution in [2.45, 2.75) is 91.1 Å². The SMILES string of the molecule is CCCCCC(CC)(OC(=O)/C=C\C(=O)OCCCC)/C(=C/C(=O)O)C(=O)OCCCC. The summed E-state index contributed by atoms with van der Waals surface area (Å²) in [4.78, 5) is 48.4. The van der Waals surface area contributed by atoms with Crippen LogP contribution in [0.25, 0.3) is 0 Å². The van der Waals surface area contributed by atoms with Gasteiger partial charge in [-0.3, -0.25) is 0 Å². The fourth-order valence-electron chi connectivity index (χ4n) is 2.96. The van der Waals surface area contributed by atoms with E-state index in [4.69, 9.17) is 14.2 Å². The van der Waals surface area contributed by atoms with Crippen molar-refractivity contribution in [1.82, 2.24) is 0 Å². The Bertz CT molecular complexity index is 665. The average molecular weight is 455 g/mol. The second-order valence-electron chi connectivity index (χ2n) is 7.47. The van der Waals surface area contributed by atoms with Gasteiger partial charge >= 0.3 is 23.9 Å². The summed E-state index contributed by atoms with van der Waals surface area (Å²) in [6.07, 6.45) is 8.37. The van der Waals surface area contributed by atoms with E-state index in [9.17, 15) is 24.3 Å². The number of esters is 3. The van der Waals surface area contributed by atoms with E-state index in [1.54, 1.807) is 6.92 Å². The summed E-state index contributed by atoms with van der Waals surface area (Å²) < 4.78 is 15.8. The number of ether oxygens (including phenoxy) is 3. The van der Waals surface area contributed by atoms with Crippen LogP contribution in [-0.4, -0.2) is 47.8 Å². The summed E-state index contributed by atoms with van der Waals surface area (Å²) >= 11 is 0. The molecule has 8 nitrogen and oxygen atoms in total. The van der Waals surface area contributed by atoms with Crippen molar-refractivity contribution in [2.75, 3.05) is 13.2 Å². The van der Waals surface area contributed by atoms with Crippen LogP contribution in [0.15, 0.2) is 23.8 Å². The first kappa shape index (κ1) is 29.4. The molecule has 1 N–H and O–H groups in total. The van der Waals surface area contributed by atoms with Crippen LogP contribution in [0.3, 0.4) is 0 Å². The zero-order valence-electron chi connectivity index (χ0n) is 19.8. The molecular formula is C24H38O8. The number of hydrogen-bond acceptors (Lipinski definition) is 7. The van der Waals surface area contributed by atoms with Gasteiger partial charge in [0.05, 0.1) is 18.8 Å². The molecule has 0 heterocycles. The third-order valence-corrected chi connectivity index (χ3v) is 4.86. The van der Waals surface area contributed by atoms with Gasteiger partial charge in [0.2, 0.25) is 0 Å². The smallest absolute Gasteiger partial charge is 0.338 e. The molecular weight excluding hydrogens is 416 g/mol. The zero-order chi connectivity index (χ0) is 24.4. The monoisotopic (exact) mass is 454 g/mol. The lowest BCUT2D eigenvalue weighted by atomic mass is 9.84. The minimum Gasteiger partial charge on any atom is -0.478 e. The summed E-state index contributed by atoms with van der Waals surface area (Å²) in [5.74, 6) is -3.71. The molecule has 1 unspecified atom stereocenters. The Labute approximate surface area is 191 Å². The Morgan fingerprint density at radius 1 is 0.781 bits per heavy atom. The van der Waals surface area contributed by atoms with Crippen LogP contribution >= 0.6 is 0 Å². The van der Waals surface area contributed by atoms with Crippen LogP contribution in [0.2, 0.25) is 0 Å². The van der Waals surface area contributed by atoms with E-state index >= 15 is 0 Å². The molecule has 0 spiro atoms. The lowest BCUT2D eigenvalue weighted by Gasteiger charge is -2.33. The van der Waals surface area contributed by atoms with Crippen LogP contribution in [0.1, 0.15) is 85.5 Å². The first-order valence-corrected chi connectivity index (χ1v) is 11.5. The molecule has 0 saturated carbocycles. The van der Waals surface area contributed by atoms with E-state index in [2.05, 4.69) is 0 Å². The molecule has 0 radical (unpaired) electrons. The van der Waals surface area contributed by atoms with Gasteiger partial charge in [-0.15, -0.1) is 0 Å². The molecule has 0 fully saturated rings. The Morgan fingerprint density at radius 2 is 1.34 bits per heavy atom. The molecule has 0 aromatic heterocycles. The minimum atomic E-state index is -1.48. The van der Waals surface area contributed by atoms with Crippen LogP contribution in [0.5, 0.6) is 0 Å². The van der Waals surface area contributed by atoms with E-state index in [1.165, 1.54) is 0 Å². The van der Waals surface area contributed by atoms with Gasteiger partial charge in [0, 0.05) is 18.2 Å². The van der Waals surface area contributed by atoms with Gasteiger partial charge in [-0.05, 0) is 32.1 Å². The number of unbranched alkanes of at least 4 members (excludes halogenated alkanes) is 4. The lowest BCUT2D eigenvalue weighted by Crippen LogP contribution is -2.40. The van der Waals surface area contributed by atoms with Crippen molar-refractivity contribution in [3.63, 3.8) is 0 Å². The highest BCUT2D eigenvalue weighted by Crippen LogP contribution is 2.33. The number of aliphatic carboxylic acids is 1. The number of rotatable bonds is 17. The van der Waals surface area contributed by atoms with Gasteiger partial charge in [-0.2, -0.15) is 0 Å². The normalized spacial score (nSPS) is 13.4. The van der Waals surface area contributed by atoms with Crippen LogP contribution in [0, 0.1) is 0 Å². The minimum absolute atomic E-state index is 0.137. The fraction of sp³-hybridized carbons (Fsp3) is 0.667. The largest absolute Gasteiger partial charge is 0.478 e. The Balaban J connectivity index is 5.76. The molecule has 0 bridgehead atoms. The molecule has 0 aromatic rings. The molecule has 1 atom stereocenters. The summed E-state index contributed by atoms with van der Waals surface area (Å²) in [6, 6.07) is 0. The van der Waals surface area contributed by atoms with Crippen molar-refractivity contribution in [1.29, 1.82) is 0 Å². The fourth-order valence-corrected chi connectivity index (χ4v) is 2.96. The molecule has 0 amide bonds. The van der Waals surface area contributed by atoms with Gasteiger partial charge in [-0.25, -0.2) is 19.2 Å². The lowest BCUT2D eigenvalue weighted by molar-refractivity contribution is -0.156. The van der Waals surface area contributed by atoms with Gasteiger partial charge in [0.15, 0.2) is 0 Å². The van der Waals surface area contributed by atoms with E-state index in [1.807, 2.05) is 20.8 Å². The molecule has 32 heavy (non-hydrogen) atoms. The molecule has 0 aromatic carbocycles. The topological polar surface area (TPSA) is 116 Å². The quantitative estimate of drug-likeness (QED) is 0.148. The second-order valence-corrected chi connectivity index (χ2v) is 7.47. The van der Waals surface area contributed by atoms with Crippen LogP contribution < -0.4 is 0 Å². The van der Waals surface area contributed by atoms with Gasteiger partial charge in [-0.1, -0.05) is 53.4 Å². The third-order valence-electron chi connectivity index (χ3n) is 4.86. The molecule has 182 valence electrons. The van der Waals surface area contributed by atoms with Crippen molar-refractivity contribution in [2.24, 2.45) is 0 Å². The summed E-state index contributed by atoms with van der Waals surface area (Å²) in [5.41, 5.74) is -1.70. The number of carbonyl (C=O) groups excluding carboxylic acids is 3. The van der Waals surface area contributed by atoms with Crippen molar-refractivity contribution in [3.05, 3.63) is 23.8 Å². The van der Waals surface area contributed by atoms with E-state index < -0.39 is 29.5 Å². The predicted octanol–water partition coefficient (Wildman–Crippen LogP) is 4.51. The maximum atomic E-state index is 12.7. The number of carbonyl (C=O) groups is 4. The van der Waals surface area contributed by atoms with Gasteiger partial charge < -0.3 is 19.3 Å². The zero-order valence-corrected chi connectivity index (χ0v) is 19.8. The summed E-state index contributed by atoms with van der Waals surface area (Å²) in [7, 11) is 0. The summed E-state index contributed by atoms with van der Waals surface area (Å²) in [5, 5.41) is 9.35. The number of carboxylic acid groups (broad SMARTS) is 1. The van der Waals surface area contributed by atoms with Gasteiger partial charge in [0.1, 0.15) is 5.60 Å². The van der Waals surface area contributed by atoms with Crippen LogP contribution in [0.4, 0.5) is 0 Å².